The molecule has 0 aliphatic rings. The van der Waals surface area contributed by atoms with Crippen LogP contribution in [0.3, 0.4) is 0 Å². The van der Waals surface area contributed by atoms with Gasteiger partial charge in [0.15, 0.2) is 0 Å². The zero-order chi connectivity index (χ0) is 13.8. The van der Waals surface area contributed by atoms with E-state index in [9.17, 15) is 0 Å². The molecule has 0 atom stereocenters. The zero-order valence-corrected chi connectivity index (χ0v) is 11.2. The Labute approximate surface area is 112 Å². The van der Waals surface area contributed by atoms with Crippen LogP contribution in [0.4, 0.5) is 0 Å². The predicted molar refractivity (Wildman–Crippen MR) is 72.7 cm³/mol. The molecule has 4 heteroatoms. The summed E-state index contributed by atoms with van der Waals surface area (Å²) in [5, 5.41) is 8.92. The minimum atomic E-state index is 0.150. The molecule has 0 N–H and O–H groups in total. The number of hydrogen-bond acceptors (Lipinski definition) is 4. The minimum Gasteiger partial charge on any atom is -0.491 e. The Kier molecular flexibility index (Phi) is 3.76. The molecule has 4 nitrogen and oxygen atoms in total. The van der Waals surface area contributed by atoms with Gasteiger partial charge in [0.25, 0.3) is 0 Å². The molecule has 96 valence electrons. The topological polar surface area (TPSA) is 58.8 Å². The molecule has 1 heterocycles. The summed E-state index contributed by atoms with van der Waals surface area (Å²) < 4.78 is 5.59. The largest absolute Gasteiger partial charge is 0.491 e. The van der Waals surface area contributed by atoms with E-state index < -0.39 is 0 Å². The van der Waals surface area contributed by atoms with Crippen molar-refractivity contribution in [3.63, 3.8) is 0 Å². The van der Waals surface area contributed by atoms with Crippen molar-refractivity contribution in [3.05, 3.63) is 41.9 Å². The van der Waals surface area contributed by atoms with Gasteiger partial charge in [-0.05, 0) is 45.0 Å². The van der Waals surface area contributed by atoms with Gasteiger partial charge in [0, 0.05) is 11.6 Å². The summed E-state index contributed by atoms with van der Waals surface area (Å²) >= 11 is 0. The van der Waals surface area contributed by atoms with E-state index in [1.165, 1.54) is 0 Å². The number of benzene rings is 1. The quantitative estimate of drug-likeness (QED) is 0.843. The molecule has 1 aromatic carbocycles. The van der Waals surface area contributed by atoms with Crippen LogP contribution in [0, 0.1) is 18.3 Å². The fourth-order valence-electron chi connectivity index (χ4n) is 1.75. The Balaban J connectivity index is 2.32. The fraction of sp³-hybridized carbons (Fsp3) is 0.267. The van der Waals surface area contributed by atoms with E-state index in [0.717, 1.165) is 17.0 Å². The molecular formula is C15H15N3O. The van der Waals surface area contributed by atoms with E-state index in [4.69, 9.17) is 10.00 Å². The predicted octanol–water partition coefficient (Wildman–Crippen LogP) is 3.11. The highest BCUT2D eigenvalue weighted by Gasteiger charge is 2.05. The summed E-state index contributed by atoms with van der Waals surface area (Å²) in [6.07, 6.45) is 0.150. The molecule has 0 bridgehead atoms. The lowest BCUT2D eigenvalue weighted by Gasteiger charge is -2.10. The maximum absolute atomic E-state index is 8.92. The molecule has 0 amide bonds. The van der Waals surface area contributed by atoms with Gasteiger partial charge in [0.2, 0.25) is 0 Å². The number of nitriles is 1. The van der Waals surface area contributed by atoms with Gasteiger partial charge in [-0.3, -0.25) is 0 Å². The van der Waals surface area contributed by atoms with Crippen LogP contribution in [0.5, 0.6) is 5.75 Å². The third kappa shape index (κ3) is 3.29. The second-order valence-corrected chi connectivity index (χ2v) is 4.49. The molecule has 1 aromatic heterocycles. The summed E-state index contributed by atoms with van der Waals surface area (Å²) in [5.41, 5.74) is 2.07. The van der Waals surface area contributed by atoms with Gasteiger partial charge in [-0.2, -0.15) is 5.26 Å². The van der Waals surface area contributed by atoms with Crippen molar-refractivity contribution in [2.24, 2.45) is 0 Å². The normalized spacial score (nSPS) is 10.3. The Morgan fingerprint density at radius 1 is 1.16 bits per heavy atom. The van der Waals surface area contributed by atoms with Crippen LogP contribution >= 0.6 is 0 Å². The molecule has 0 spiro atoms. The summed E-state index contributed by atoms with van der Waals surface area (Å²) in [4.78, 5) is 8.38. The van der Waals surface area contributed by atoms with Crippen LogP contribution in [0.1, 0.15) is 25.4 Å². The standard InChI is InChI=1S/C15H15N3O/c1-10(2)19-14-6-4-12(5-7-14)15-8-13(9-16)17-11(3)18-15/h4-8,10H,1-3H3. The molecule has 0 aliphatic heterocycles. The van der Waals surface area contributed by atoms with E-state index in [1.54, 1.807) is 13.0 Å². The molecule has 0 saturated heterocycles. The summed E-state index contributed by atoms with van der Waals surface area (Å²) in [5.74, 6) is 1.42. The third-order valence-electron chi connectivity index (χ3n) is 2.47. The Hall–Kier alpha value is -2.41. The first kappa shape index (κ1) is 13.0. The Morgan fingerprint density at radius 2 is 1.84 bits per heavy atom. The third-order valence-corrected chi connectivity index (χ3v) is 2.47. The SMILES string of the molecule is Cc1nc(C#N)cc(-c2ccc(OC(C)C)cc2)n1. The van der Waals surface area contributed by atoms with Crippen molar-refractivity contribution in [3.8, 4) is 23.1 Å². The monoisotopic (exact) mass is 253 g/mol. The molecule has 0 fully saturated rings. The molecule has 0 unspecified atom stereocenters. The highest BCUT2D eigenvalue weighted by atomic mass is 16.5. The lowest BCUT2D eigenvalue weighted by Crippen LogP contribution is -2.05. The fourth-order valence-corrected chi connectivity index (χ4v) is 1.75. The van der Waals surface area contributed by atoms with Crippen LogP contribution in [0.2, 0.25) is 0 Å². The number of hydrogen-bond donors (Lipinski definition) is 0. The highest BCUT2D eigenvalue weighted by molar-refractivity contribution is 5.61. The molecule has 0 radical (unpaired) electrons. The molecule has 2 rings (SSSR count). The smallest absolute Gasteiger partial charge is 0.144 e. The van der Waals surface area contributed by atoms with Crippen molar-refractivity contribution >= 4 is 0 Å². The highest BCUT2D eigenvalue weighted by Crippen LogP contribution is 2.22. The number of aryl methyl sites for hydroxylation is 1. The summed E-state index contributed by atoms with van der Waals surface area (Å²) in [7, 11) is 0. The number of nitrogens with zero attached hydrogens (tertiary/aromatic N) is 3. The van der Waals surface area contributed by atoms with Crippen molar-refractivity contribution < 1.29 is 4.74 Å². The number of ether oxygens (including phenoxy) is 1. The summed E-state index contributed by atoms with van der Waals surface area (Å²) in [6.45, 7) is 5.75. The van der Waals surface area contributed by atoms with E-state index in [1.807, 2.05) is 44.2 Å². The average Bonchev–Trinajstić information content (AvgIpc) is 2.38. The van der Waals surface area contributed by atoms with E-state index in [2.05, 4.69) is 9.97 Å². The second-order valence-electron chi connectivity index (χ2n) is 4.49. The van der Waals surface area contributed by atoms with Crippen molar-refractivity contribution in [1.82, 2.24) is 9.97 Å². The number of aromatic nitrogens is 2. The first-order valence-electron chi connectivity index (χ1n) is 6.11. The van der Waals surface area contributed by atoms with Gasteiger partial charge >= 0.3 is 0 Å². The van der Waals surface area contributed by atoms with Crippen LogP contribution in [-0.2, 0) is 0 Å². The Bertz CT molecular complexity index is 612. The maximum atomic E-state index is 8.92. The zero-order valence-electron chi connectivity index (χ0n) is 11.2. The first-order valence-corrected chi connectivity index (χ1v) is 6.11. The van der Waals surface area contributed by atoms with Gasteiger partial charge < -0.3 is 4.74 Å². The van der Waals surface area contributed by atoms with Crippen LogP contribution < -0.4 is 4.74 Å². The van der Waals surface area contributed by atoms with Crippen molar-refractivity contribution in [2.75, 3.05) is 0 Å². The molecule has 2 aromatic rings. The van der Waals surface area contributed by atoms with E-state index in [-0.39, 0.29) is 6.10 Å². The van der Waals surface area contributed by atoms with E-state index in [0.29, 0.717) is 11.5 Å². The lowest BCUT2D eigenvalue weighted by atomic mass is 10.1. The van der Waals surface area contributed by atoms with Gasteiger partial charge in [-0.15, -0.1) is 0 Å². The van der Waals surface area contributed by atoms with Crippen LogP contribution in [-0.4, -0.2) is 16.1 Å². The van der Waals surface area contributed by atoms with E-state index >= 15 is 0 Å². The summed E-state index contributed by atoms with van der Waals surface area (Å²) in [6, 6.07) is 11.4. The number of rotatable bonds is 3. The van der Waals surface area contributed by atoms with Crippen LogP contribution in [0.25, 0.3) is 11.3 Å². The average molecular weight is 253 g/mol. The minimum absolute atomic E-state index is 0.150. The second kappa shape index (κ2) is 5.49. The van der Waals surface area contributed by atoms with Crippen molar-refractivity contribution in [2.45, 2.75) is 26.9 Å². The molecular weight excluding hydrogens is 238 g/mol. The van der Waals surface area contributed by atoms with Gasteiger partial charge in [0.1, 0.15) is 23.3 Å². The van der Waals surface area contributed by atoms with Gasteiger partial charge in [-0.25, -0.2) is 9.97 Å². The van der Waals surface area contributed by atoms with Crippen molar-refractivity contribution in [1.29, 1.82) is 5.26 Å². The molecule has 0 aliphatic carbocycles. The van der Waals surface area contributed by atoms with Gasteiger partial charge in [0.05, 0.1) is 11.8 Å². The lowest BCUT2D eigenvalue weighted by molar-refractivity contribution is 0.242. The first-order chi connectivity index (χ1) is 9.08. The Morgan fingerprint density at radius 3 is 2.42 bits per heavy atom. The molecule has 19 heavy (non-hydrogen) atoms. The van der Waals surface area contributed by atoms with Gasteiger partial charge in [-0.1, -0.05) is 0 Å². The maximum Gasteiger partial charge on any atom is 0.144 e. The molecule has 0 saturated carbocycles. The van der Waals surface area contributed by atoms with Crippen LogP contribution in [0.15, 0.2) is 30.3 Å².